The second-order valence-corrected chi connectivity index (χ2v) is 4.20. The SMILES string of the molecule is CC(/C=C/C(=O)NC(C)C(=O)O)=C\c1ccccc1. The van der Waals surface area contributed by atoms with Gasteiger partial charge in [-0.05, 0) is 19.4 Å². The first-order valence-corrected chi connectivity index (χ1v) is 5.94. The molecule has 1 amide bonds. The van der Waals surface area contributed by atoms with Gasteiger partial charge in [0.05, 0.1) is 0 Å². The molecule has 0 heterocycles. The van der Waals surface area contributed by atoms with Crippen molar-refractivity contribution in [3.63, 3.8) is 0 Å². The molecule has 0 aliphatic rings. The van der Waals surface area contributed by atoms with Gasteiger partial charge in [-0.2, -0.15) is 0 Å². The van der Waals surface area contributed by atoms with Crippen LogP contribution < -0.4 is 5.32 Å². The predicted molar refractivity (Wildman–Crippen MR) is 74.5 cm³/mol. The van der Waals surface area contributed by atoms with Crippen LogP contribution >= 0.6 is 0 Å². The Balaban J connectivity index is 2.59. The molecule has 1 atom stereocenters. The normalized spacial score (nSPS) is 13.3. The second kappa shape index (κ2) is 7.16. The number of nitrogens with one attached hydrogen (secondary N) is 1. The van der Waals surface area contributed by atoms with Crippen molar-refractivity contribution < 1.29 is 14.7 Å². The number of hydrogen-bond donors (Lipinski definition) is 2. The predicted octanol–water partition coefficient (Wildman–Crippen LogP) is 2.24. The highest BCUT2D eigenvalue weighted by molar-refractivity contribution is 5.91. The average molecular weight is 259 g/mol. The summed E-state index contributed by atoms with van der Waals surface area (Å²) in [6, 6.07) is 8.83. The molecule has 0 saturated carbocycles. The van der Waals surface area contributed by atoms with E-state index in [1.807, 2.05) is 43.3 Å². The summed E-state index contributed by atoms with van der Waals surface area (Å²) in [7, 11) is 0. The number of benzene rings is 1. The summed E-state index contributed by atoms with van der Waals surface area (Å²) in [6.07, 6.45) is 4.91. The van der Waals surface area contributed by atoms with Gasteiger partial charge in [-0.15, -0.1) is 0 Å². The number of hydrogen-bond acceptors (Lipinski definition) is 2. The van der Waals surface area contributed by atoms with Gasteiger partial charge in [0.1, 0.15) is 6.04 Å². The maximum atomic E-state index is 11.4. The average Bonchev–Trinajstić information content (AvgIpc) is 2.37. The van der Waals surface area contributed by atoms with Gasteiger partial charge in [-0.25, -0.2) is 0 Å². The quantitative estimate of drug-likeness (QED) is 0.629. The Hall–Kier alpha value is -2.36. The molecule has 0 aliphatic carbocycles. The number of amides is 1. The zero-order valence-electron chi connectivity index (χ0n) is 11.0. The van der Waals surface area contributed by atoms with Gasteiger partial charge >= 0.3 is 5.97 Å². The Morgan fingerprint density at radius 2 is 1.84 bits per heavy atom. The van der Waals surface area contributed by atoms with Gasteiger partial charge < -0.3 is 10.4 Å². The van der Waals surface area contributed by atoms with E-state index in [1.165, 1.54) is 13.0 Å². The van der Waals surface area contributed by atoms with Crippen LogP contribution in [0.2, 0.25) is 0 Å². The molecule has 4 nitrogen and oxygen atoms in total. The van der Waals surface area contributed by atoms with E-state index in [4.69, 9.17) is 5.11 Å². The van der Waals surface area contributed by atoms with Crippen LogP contribution in [0.25, 0.3) is 6.08 Å². The Morgan fingerprint density at radius 1 is 1.21 bits per heavy atom. The lowest BCUT2D eigenvalue weighted by Gasteiger charge is -2.05. The fraction of sp³-hybridized carbons (Fsp3) is 0.200. The van der Waals surface area contributed by atoms with Crippen molar-refractivity contribution in [1.29, 1.82) is 0 Å². The maximum Gasteiger partial charge on any atom is 0.325 e. The molecular weight excluding hydrogens is 242 g/mol. The van der Waals surface area contributed by atoms with E-state index >= 15 is 0 Å². The zero-order valence-corrected chi connectivity index (χ0v) is 11.0. The summed E-state index contributed by atoms with van der Waals surface area (Å²) in [5.41, 5.74) is 1.95. The van der Waals surface area contributed by atoms with E-state index in [1.54, 1.807) is 6.08 Å². The highest BCUT2D eigenvalue weighted by Gasteiger charge is 2.11. The first-order chi connectivity index (χ1) is 8.99. The van der Waals surface area contributed by atoms with Gasteiger partial charge in [-0.3, -0.25) is 9.59 Å². The van der Waals surface area contributed by atoms with Crippen LogP contribution in [0.4, 0.5) is 0 Å². The molecule has 0 bridgehead atoms. The minimum atomic E-state index is -1.06. The molecule has 19 heavy (non-hydrogen) atoms. The molecule has 0 aliphatic heterocycles. The lowest BCUT2D eigenvalue weighted by atomic mass is 10.1. The monoisotopic (exact) mass is 259 g/mol. The molecule has 0 aromatic heterocycles. The lowest BCUT2D eigenvalue weighted by molar-refractivity contribution is -0.140. The van der Waals surface area contributed by atoms with Crippen LogP contribution in [0.5, 0.6) is 0 Å². The molecular formula is C15H17NO3. The summed E-state index contributed by atoms with van der Waals surface area (Å²) in [5, 5.41) is 11.0. The van der Waals surface area contributed by atoms with Crippen LogP contribution in [0.15, 0.2) is 48.1 Å². The first kappa shape index (κ1) is 14.7. The van der Waals surface area contributed by atoms with Gasteiger partial charge in [0.2, 0.25) is 5.91 Å². The zero-order chi connectivity index (χ0) is 14.3. The van der Waals surface area contributed by atoms with Gasteiger partial charge in [-0.1, -0.05) is 48.1 Å². The van der Waals surface area contributed by atoms with E-state index < -0.39 is 17.9 Å². The van der Waals surface area contributed by atoms with Crippen molar-refractivity contribution in [3.8, 4) is 0 Å². The summed E-state index contributed by atoms with van der Waals surface area (Å²) in [4.78, 5) is 22.0. The Kier molecular flexibility index (Phi) is 5.54. The fourth-order valence-electron chi connectivity index (χ4n) is 1.39. The number of carbonyl (C=O) groups is 2. The summed E-state index contributed by atoms with van der Waals surface area (Å²) in [5.74, 6) is -1.48. The van der Waals surface area contributed by atoms with E-state index in [2.05, 4.69) is 5.32 Å². The fourth-order valence-corrected chi connectivity index (χ4v) is 1.39. The third kappa shape index (κ3) is 5.68. The topological polar surface area (TPSA) is 66.4 Å². The lowest BCUT2D eigenvalue weighted by Crippen LogP contribution is -2.37. The largest absolute Gasteiger partial charge is 0.480 e. The molecule has 100 valence electrons. The number of allylic oxidation sites excluding steroid dienone is 2. The van der Waals surface area contributed by atoms with Crippen LogP contribution in [-0.4, -0.2) is 23.0 Å². The van der Waals surface area contributed by atoms with E-state index in [9.17, 15) is 9.59 Å². The molecule has 1 aromatic rings. The molecule has 1 rings (SSSR count). The van der Waals surface area contributed by atoms with Crippen molar-refractivity contribution in [2.24, 2.45) is 0 Å². The van der Waals surface area contributed by atoms with E-state index in [-0.39, 0.29) is 0 Å². The van der Waals surface area contributed by atoms with Crippen molar-refractivity contribution in [2.45, 2.75) is 19.9 Å². The number of carbonyl (C=O) groups excluding carboxylic acids is 1. The highest BCUT2D eigenvalue weighted by Crippen LogP contribution is 2.06. The Morgan fingerprint density at radius 3 is 2.42 bits per heavy atom. The molecule has 0 saturated heterocycles. The molecule has 2 N–H and O–H groups in total. The van der Waals surface area contributed by atoms with Crippen molar-refractivity contribution in [3.05, 3.63) is 53.6 Å². The number of carboxylic acids is 1. The van der Waals surface area contributed by atoms with Crippen LogP contribution in [0.3, 0.4) is 0 Å². The summed E-state index contributed by atoms with van der Waals surface area (Å²) >= 11 is 0. The first-order valence-electron chi connectivity index (χ1n) is 5.94. The van der Waals surface area contributed by atoms with Gasteiger partial charge in [0.15, 0.2) is 0 Å². The van der Waals surface area contributed by atoms with Crippen molar-refractivity contribution in [1.82, 2.24) is 5.32 Å². The highest BCUT2D eigenvalue weighted by atomic mass is 16.4. The van der Waals surface area contributed by atoms with Crippen molar-refractivity contribution >= 4 is 18.0 Å². The number of carboxylic acid groups (broad SMARTS) is 1. The van der Waals surface area contributed by atoms with Crippen LogP contribution in [-0.2, 0) is 9.59 Å². The van der Waals surface area contributed by atoms with Crippen LogP contribution in [0.1, 0.15) is 19.4 Å². The molecule has 1 aromatic carbocycles. The maximum absolute atomic E-state index is 11.4. The van der Waals surface area contributed by atoms with Gasteiger partial charge in [0, 0.05) is 6.08 Å². The summed E-state index contributed by atoms with van der Waals surface area (Å²) < 4.78 is 0. The number of aliphatic carboxylic acids is 1. The third-order valence-corrected chi connectivity index (χ3v) is 2.42. The van der Waals surface area contributed by atoms with E-state index in [0.717, 1.165) is 11.1 Å². The Labute approximate surface area is 112 Å². The minimum Gasteiger partial charge on any atom is -0.480 e. The summed E-state index contributed by atoms with van der Waals surface area (Å²) in [6.45, 7) is 3.29. The second-order valence-electron chi connectivity index (χ2n) is 4.20. The van der Waals surface area contributed by atoms with Gasteiger partial charge in [0.25, 0.3) is 0 Å². The third-order valence-electron chi connectivity index (χ3n) is 2.42. The molecule has 0 fully saturated rings. The van der Waals surface area contributed by atoms with Crippen molar-refractivity contribution in [2.75, 3.05) is 0 Å². The number of rotatable bonds is 5. The minimum absolute atomic E-state index is 0.421. The molecule has 0 radical (unpaired) electrons. The molecule has 0 spiro atoms. The molecule has 4 heteroatoms. The van der Waals surface area contributed by atoms with E-state index in [0.29, 0.717) is 0 Å². The van der Waals surface area contributed by atoms with Crippen LogP contribution in [0, 0.1) is 0 Å². The smallest absolute Gasteiger partial charge is 0.325 e. The molecule has 1 unspecified atom stereocenters. The standard InChI is InChI=1S/C15H17NO3/c1-11(10-13-6-4-3-5-7-13)8-9-14(17)16-12(2)15(18)19/h3-10,12H,1-2H3,(H,16,17)(H,18,19)/b9-8+,11-10+. The Bertz CT molecular complexity index is 503.